The van der Waals surface area contributed by atoms with Crippen LogP contribution in [0.3, 0.4) is 0 Å². The minimum Gasteiger partial charge on any atom is -0.309 e. The summed E-state index contributed by atoms with van der Waals surface area (Å²) in [7, 11) is 0. The van der Waals surface area contributed by atoms with Crippen molar-refractivity contribution >= 4 is 0 Å². The number of likely N-dealkylation sites (tertiary alicyclic amines) is 1. The summed E-state index contributed by atoms with van der Waals surface area (Å²) in [6, 6.07) is 9.68. The third-order valence-corrected chi connectivity index (χ3v) is 4.64. The maximum atomic E-state index is 3.67. The molecule has 2 unspecified atom stereocenters. The second-order valence-corrected chi connectivity index (χ2v) is 6.94. The van der Waals surface area contributed by atoms with Crippen molar-refractivity contribution in [1.29, 1.82) is 0 Å². The first kappa shape index (κ1) is 16.5. The monoisotopic (exact) mass is 288 g/mol. The molecular weight excluding hydrogens is 256 g/mol. The van der Waals surface area contributed by atoms with Gasteiger partial charge in [0.05, 0.1) is 0 Å². The van der Waals surface area contributed by atoms with Crippen molar-refractivity contribution in [2.75, 3.05) is 26.2 Å². The van der Waals surface area contributed by atoms with Crippen LogP contribution in [-0.4, -0.2) is 31.1 Å². The zero-order valence-corrected chi connectivity index (χ0v) is 14.2. The first-order valence-corrected chi connectivity index (χ1v) is 8.65. The topological polar surface area (TPSA) is 15.3 Å². The number of nitrogens with zero attached hydrogens (tertiary/aromatic N) is 1. The molecule has 0 saturated carbocycles. The van der Waals surface area contributed by atoms with Gasteiger partial charge in [0.1, 0.15) is 0 Å². The molecule has 0 radical (unpaired) electrons. The lowest BCUT2D eigenvalue weighted by atomic mass is 9.97. The summed E-state index contributed by atoms with van der Waals surface area (Å²) in [5.74, 6) is 1.46. The number of piperidine rings is 1. The molecule has 1 aliphatic rings. The van der Waals surface area contributed by atoms with Gasteiger partial charge in [0.2, 0.25) is 0 Å². The predicted octanol–water partition coefficient (Wildman–Crippen LogP) is 4.19. The minimum absolute atomic E-state index is 0.460. The van der Waals surface area contributed by atoms with Crippen molar-refractivity contribution in [3.8, 4) is 0 Å². The number of nitrogens with one attached hydrogen (secondary N) is 1. The van der Waals surface area contributed by atoms with E-state index in [1.165, 1.54) is 37.1 Å². The van der Waals surface area contributed by atoms with Crippen molar-refractivity contribution in [3.63, 3.8) is 0 Å². The van der Waals surface area contributed by atoms with E-state index in [9.17, 15) is 0 Å². The van der Waals surface area contributed by atoms with E-state index in [0.29, 0.717) is 12.0 Å². The standard InChI is InChI=1S/C19H32N2/c1-5-20-19(14-21-12-6-7-16(4)13-21)18-10-8-17(9-11-18)15(2)3/h8-11,15-16,19-20H,5-7,12-14H2,1-4H3. The Morgan fingerprint density at radius 3 is 2.43 bits per heavy atom. The van der Waals surface area contributed by atoms with Crippen molar-refractivity contribution in [2.24, 2.45) is 5.92 Å². The van der Waals surface area contributed by atoms with Crippen LogP contribution < -0.4 is 5.32 Å². The molecule has 2 atom stereocenters. The number of likely N-dealkylation sites (N-methyl/N-ethyl adjacent to an activating group) is 1. The highest BCUT2D eigenvalue weighted by atomic mass is 15.2. The highest BCUT2D eigenvalue weighted by molar-refractivity contribution is 5.27. The molecule has 0 spiro atoms. The molecule has 2 rings (SSSR count). The number of benzene rings is 1. The Kier molecular flexibility index (Phi) is 6.25. The van der Waals surface area contributed by atoms with E-state index in [1.54, 1.807) is 0 Å². The smallest absolute Gasteiger partial charge is 0.0449 e. The summed E-state index contributed by atoms with van der Waals surface area (Å²) in [5, 5.41) is 3.67. The lowest BCUT2D eigenvalue weighted by molar-refractivity contribution is 0.167. The van der Waals surface area contributed by atoms with Gasteiger partial charge in [-0.3, -0.25) is 0 Å². The van der Waals surface area contributed by atoms with Crippen LogP contribution in [0.1, 0.15) is 63.6 Å². The van der Waals surface area contributed by atoms with E-state index in [2.05, 4.69) is 62.2 Å². The SMILES string of the molecule is CCNC(CN1CCCC(C)C1)c1ccc(C(C)C)cc1. The quantitative estimate of drug-likeness (QED) is 0.844. The third-order valence-electron chi connectivity index (χ3n) is 4.64. The van der Waals surface area contributed by atoms with Gasteiger partial charge in [-0.25, -0.2) is 0 Å². The molecule has 118 valence electrons. The Morgan fingerprint density at radius 1 is 1.19 bits per heavy atom. The second kappa shape index (κ2) is 7.95. The van der Waals surface area contributed by atoms with Gasteiger partial charge >= 0.3 is 0 Å². The van der Waals surface area contributed by atoms with Crippen LogP contribution in [-0.2, 0) is 0 Å². The van der Waals surface area contributed by atoms with E-state index in [0.717, 1.165) is 19.0 Å². The molecule has 2 heteroatoms. The van der Waals surface area contributed by atoms with Gasteiger partial charge in [-0.2, -0.15) is 0 Å². The average molecular weight is 288 g/mol. The van der Waals surface area contributed by atoms with Crippen molar-refractivity contribution in [2.45, 2.75) is 52.5 Å². The van der Waals surface area contributed by atoms with E-state index < -0.39 is 0 Å². The predicted molar refractivity (Wildman–Crippen MR) is 91.8 cm³/mol. The molecule has 1 saturated heterocycles. The van der Waals surface area contributed by atoms with E-state index >= 15 is 0 Å². The highest BCUT2D eigenvalue weighted by Crippen LogP contribution is 2.22. The molecule has 0 aliphatic carbocycles. The molecule has 21 heavy (non-hydrogen) atoms. The van der Waals surface area contributed by atoms with Gasteiger partial charge in [0, 0.05) is 19.1 Å². The summed E-state index contributed by atoms with van der Waals surface area (Å²) in [5.41, 5.74) is 2.86. The van der Waals surface area contributed by atoms with E-state index in [1.807, 2.05) is 0 Å². The van der Waals surface area contributed by atoms with Gasteiger partial charge < -0.3 is 10.2 Å². The number of hydrogen-bond donors (Lipinski definition) is 1. The van der Waals surface area contributed by atoms with Gasteiger partial charge in [0.15, 0.2) is 0 Å². The zero-order chi connectivity index (χ0) is 15.2. The van der Waals surface area contributed by atoms with Gasteiger partial charge in [0.25, 0.3) is 0 Å². The Morgan fingerprint density at radius 2 is 1.86 bits per heavy atom. The first-order valence-electron chi connectivity index (χ1n) is 8.65. The Hall–Kier alpha value is -0.860. The van der Waals surface area contributed by atoms with Gasteiger partial charge in [-0.15, -0.1) is 0 Å². The van der Waals surface area contributed by atoms with Crippen molar-refractivity contribution < 1.29 is 0 Å². The molecular formula is C19H32N2. The van der Waals surface area contributed by atoms with Crippen molar-refractivity contribution in [1.82, 2.24) is 10.2 Å². The van der Waals surface area contributed by atoms with Crippen LogP contribution in [0, 0.1) is 5.92 Å². The summed E-state index contributed by atoms with van der Waals surface area (Å²) in [6.45, 7) is 13.8. The maximum absolute atomic E-state index is 3.67. The van der Waals surface area contributed by atoms with E-state index in [4.69, 9.17) is 0 Å². The van der Waals surface area contributed by atoms with Crippen LogP contribution >= 0.6 is 0 Å². The molecule has 2 nitrogen and oxygen atoms in total. The molecule has 0 bridgehead atoms. The molecule has 1 fully saturated rings. The Balaban J connectivity index is 2.03. The second-order valence-electron chi connectivity index (χ2n) is 6.94. The molecule has 1 aromatic rings. The van der Waals surface area contributed by atoms with Crippen LogP contribution in [0.5, 0.6) is 0 Å². The summed E-state index contributed by atoms with van der Waals surface area (Å²) in [6.07, 6.45) is 2.75. The fourth-order valence-corrected chi connectivity index (χ4v) is 3.36. The van der Waals surface area contributed by atoms with Crippen LogP contribution in [0.2, 0.25) is 0 Å². The summed E-state index contributed by atoms with van der Waals surface area (Å²) < 4.78 is 0. The molecule has 1 heterocycles. The molecule has 1 N–H and O–H groups in total. The van der Waals surface area contributed by atoms with Gasteiger partial charge in [-0.05, 0) is 48.9 Å². The minimum atomic E-state index is 0.460. The largest absolute Gasteiger partial charge is 0.309 e. The first-order chi connectivity index (χ1) is 10.1. The summed E-state index contributed by atoms with van der Waals surface area (Å²) >= 11 is 0. The van der Waals surface area contributed by atoms with Crippen LogP contribution in [0.15, 0.2) is 24.3 Å². The zero-order valence-electron chi connectivity index (χ0n) is 14.2. The molecule has 1 aromatic carbocycles. The van der Waals surface area contributed by atoms with Crippen molar-refractivity contribution in [3.05, 3.63) is 35.4 Å². The Labute approximate surface area is 130 Å². The molecule has 0 aromatic heterocycles. The lowest BCUT2D eigenvalue weighted by Gasteiger charge is -2.34. The fourth-order valence-electron chi connectivity index (χ4n) is 3.36. The maximum Gasteiger partial charge on any atom is 0.0449 e. The Bertz CT molecular complexity index is 410. The summed E-state index contributed by atoms with van der Waals surface area (Å²) in [4.78, 5) is 2.64. The average Bonchev–Trinajstić information content (AvgIpc) is 2.47. The lowest BCUT2D eigenvalue weighted by Crippen LogP contribution is -2.40. The number of rotatable bonds is 6. The number of hydrogen-bond acceptors (Lipinski definition) is 2. The molecule has 1 aliphatic heterocycles. The van der Waals surface area contributed by atoms with Crippen LogP contribution in [0.4, 0.5) is 0 Å². The van der Waals surface area contributed by atoms with E-state index in [-0.39, 0.29) is 0 Å². The molecule has 0 amide bonds. The van der Waals surface area contributed by atoms with Gasteiger partial charge in [-0.1, -0.05) is 52.0 Å². The normalized spacial score (nSPS) is 21.7. The fraction of sp³-hybridized carbons (Fsp3) is 0.684. The van der Waals surface area contributed by atoms with Crippen LogP contribution in [0.25, 0.3) is 0 Å². The third kappa shape index (κ3) is 4.82. The highest BCUT2D eigenvalue weighted by Gasteiger charge is 2.20.